The molecule has 3 aromatic rings. The molecule has 0 spiro atoms. The molecule has 0 fully saturated rings. The molecule has 154 valence electrons. The fraction of sp³-hybridized carbons (Fsp3) is 0.231. The Morgan fingerprint density at radius 3 is 2.33 bits per heavy atom. The standard InChI is InChI=1S/C26H26O3S/c1-19(2)29-25-16-20(11-15-24(25)28-4)10-12-22-13-14-23(27-3)17-26(22)30-18-21-8-6-5-7-9-21/h5-9,11,13-17,19H,18H2,1-4H3. The highest BCUT2D eigenvalue weighted by Crippen LogP contribution is 2.31. The van der Waals surface area contributed by atoms with Crippen LogP contribution in [0.2, 0.25) is 0 Å². The van der Waals surface area contributed by atoms with Crippen LogP contribution in [0.15, 0.2) is 71.6 Å². The summed E-state index contributed by atoms with van der Waals surface area (Å²) < 4.78 is 16.7. The normalized spacial score (nSPS) is 10.3. The summed E-state index contributed by atoms with van der Waals surface area (Å²) in [4.78, 5) is 1.10. The van der Waals surface area contributed by atoms with E-state index in [0.717, 1.165) is 27.5 Å². The van der Waals surface area contributed by atoms with E-state index in [9.17, 15) is 0 Å². The van der Waals surface area contributed by atoms with Gasteiger partial charge in [0.2, 0.25) is 0 Å². The molecule has 3 rings (SSSR count). The van der Waals surface area contributed by atoms with Gasteiger partial charge in [-0.3, -0.25) is 0 Å². The number of hydrogen-bond donors (Lipinski definition) is 0. The molecule has 30 heavy (non-hydrogen) atoms. The van der Waals surface area contributed by atoms with Crippen LogP contribution in [-0.2, 0) is 5.75 Å². The Morgan fingerprint density at radius 1 is 0.833 bits per heavy atom. The molecule has 0 aliphatic rings. The molecule has 3 nitrogen and oxygen atoms in total. The number of thioether (sulfide) groups is 1. The van der Waals surface area contributed by atoms with Gasteiger partial charge >= 0.3 is 0 Å². The molecule has 0 bridgehead atoms. The first kappa shape index (κ1) is 21.7. The van der Waals surface area contributed by atoms with E-state index in [1.165, 1.54) is 5.56 Å². The maximum atomic E-state index is 5.86. The van der Waals surface area contributed by atoms with Gasteiger partial charge in [-0.05, 0) is 55.8 Å². The van der Waals surface area contributed by atoms with Crippen molar-refractivity contribution in [3.63, 3.8) is 0 Å². The van der Waals surface area contributed by atoms with Gasteiger partial charge in [-0.1, -0.05) is 42.2 Å². The van der Waals surface area contributed by atoms with Crippen LogP contribution in [0.4, 0.5) is 0 Å². The molecule has 0 atom stereocenters. The highest BCUT2D eigenvalue weighted by atomic mass is 32.2. The molecule has 0 aliphatic carbocycles. The second-order valence-electron chi connectivity index (χ2n) is 6.92. The van der Waals surface area contributed by atoms with E-state index in [1.807, 2.05) is 56.3 Å². The van der Waals surface area contributed by atoms with E-state index in [4.69, 9.17) is 14.2 Å². The minimum Gasteiger partial charge on any atom is -0.497 e. The Bertz CT molecular complexity index is 1030. The summed E-state index contributed by atoms with van der Waals surface area (Å²) in [5, 5.41) is 0. The van der Waals surface area contributed by atoms with Gasteiger partial charge in [0, 0.05) is 21.8 Å². The van der Waals surface area contributed by atoms with Crippen LogP contribution in [0.5, 0.6) is 17.2 Å². The number of methoxy groups -OCH3 is 2. The predicted molar refractivity (Wildman–Crippen MR) is 124 cm³/mol. The average Bonchev–Trinajstić information content (AvgIpc) is 2.77. The first-order valence-electron chi connectivity index (χ1n) is 9.80. The SMILES string of the molecule is COc1ccc(C#Cc2ccc(OC)c(OC(C)C)c2)c(SCc2ccccc2)c1. The topological polar surface area (TPSA) is 27.7 Å². The summed E-state index contributed by atoms with van der Waals surface area (Å²) in [6.07, 6.45) is 0.0599. The summed E-state index contributed by atoms with van der Waals surface area (Å²) in [6.45, 7) is 3.98. The molecule has 0 aliphatic heterocycles. The van der Waals surface area contributed by atoms with Crippen molar-refractivity contribution in [2.24, 2.45) is 0 Å². The first-order valence-corrected chi connectivity index (χ1v) is 10.8. The van der Waals surface area contributed by atoms with Crippen LogP contribution in [0.1, 0.15) is 30.5 Å². The minimum absolute atomic E-state index is 0.0599. The average molecular weight is 419 g/mol. The molecule has 0 aromatic heterocycles. The number of ether oxygens (including phenoxy) is 3. The lowest BCUT2D eigenvalue weighted by Crippen LogP contribution is -2.06. The Labute approximate surface area is 183 Å². The Morgan fingerprint density at radius 2 is 1.63 bits per heavy atom. The molecular formula is C26H26O3S. The fourth-order valence-corrected chi connectivity index (χ4v) is 3.82. The maximum absolute atomic E-state index is 5.86. The third kappa shape index (κ3) is 5.98. The highest BCUT2D eigenvalue weighted by Gasteiger charge is 2.08. The summed E-state index contributed by atoms with van der Waals surface area (Å²) in [7, 11) is 3.32. The zero-order valence-electron chi connectivity index (χ0n) is 17.8. The summed E-state index contributed by atoms with van der Waals surface area (Å²) >= 11 is 1.76. The molecule has 0 unspecified atom stereocenters. The third-order valence-electron chi connectivity index (χ3n) is 4.29. The van der Waals surface area contributed by atoms with Crippen LogP contribution in [-0.4, -0.2) is 20.3 Å². The largest absolute Gasteiger partial charge is 0.497 e. The van der Waals surface area contributed by atoms with Gasteiger partial charge < -0.3 is 14.2 Å². The van der Waals surface area contributed by atoms with Gasteiger partial charge in [0.1, 0.15) is 5.75 Å². The quantitative estimate of drug-likeness (QED) is 0.338. The molecule has 0 saturated heterocycles. The van der Waals surface area contributed by atoms with Gasteiger partial charge in [-0.25, -0.2) is 0 Å². The van der Waals surface area contributed by atoms with Crippen molar-refractivity contribution >= 4 is 11.8 Å². The molecule has 0 amide bonds. The summed E-state index contributed by atoms with van der Waals surface area (Å²) in [5.74, 6) is 9.68. The highest BCUT2D eigenvalue weighted by molar-refractivity contribution is 7.98. The van der Waals surface area contributed by atoms with Gasteiger partial charge in [0.05, 0.1) is 20.3 Å². The minimum atomic E-state index is 0.0599. The van der Waals surface area contributed by atoms with Crippen LogP contribution >= 0.6 is 11.8 Å². The molecule has 0 N–H and O–H groups in total. The van der Waals surface area contributed by atoms with Crippen LogP contribution < -0.4 is 14.2 Å². The lowest BCUT2D eigenvalue weighted by atomic mass is 10.1. The Hall–Kier alpha value is -3.03. The third-order valence-corrected chi connectivity index (χ3v) is 5.42. The molecule has 0 heterocycles. The van der Waals surface area contributed by atoms with E-state index in [1.54, 1.807) is 26.0 Å². The predicted octanol–water partition coefficient (Wildman–Crippen LogP) is 6.18. The van der Waals surface area contributed by atoms with Gasteiger partial charge in [-0.15, -0.1) is 11.8 Å². The lowest BCUT2D eigenvalue weighted by molar-refractivity contribution is 0.230. The van der Waals surface area contributed by atoms with Crippen LogP contribution in [0.25, 0.3) is 0 Å². The summed E-state index contributed by atoms with van der Waals surface area (Å²) in [6, 6.07) is 22.2. The van der Waals surface area contributed by atoms with Gasteiger partial charge in [0.15, 0.2) is 11.5 Å². The van der Waals surface area contributed by atoms with Crippen LogP contribution in [0, 0.1) is 11.8 Å². The van der Waals surface area contributed by atoms with Crippen molar-refractivity contribution in [3.05, 3.63) is 83.4 Å². The molecule has 4 heteroatoms. The van der Waals surface area contributed by atoms with Crippen LogP contribution in [0.3, 0.4) is 0 Å². The maximum Gasteiger partial charge on any atom is 0.162 e. The fourth-order valence-electron chi connectivity index (χ4n) is 2.83. The Kier molecular flexibility index (Phi) is 7.70. The van der Waals surface area contributed by atoms with E-state index >= 15 is 0 Å². The van der Waals surface area contributed by atoms with Crippen molar-refractivity contribution in [1.29, 1.82) is 0 Å². The van der Waals surface area contributed by atoms with Crippen molar-refractivity contribution in [1.82, 2.24) is 0 Å². The monoisotopic (exact) mass is 418 g/mol. The number of benzene rings is 3. The van der Waals surface area contributed by atoms with Gasteiger partial charge in [-0.2, -0.15) is 0 Å². The molecule has 0 radical (unpaired) electrons. The number of rotatable bonds is 7. The van der Waals surface area contributed by atoms with Crippen molar-refractivity contribution in [2.45, 2.75) is 30.6 Å². The molecule has 0 saturated carbocycles. The van der Waals surface area contributed by atoms with E-state index < -0.39 is 0 Å². The first-order chi connectivity index (χ1) is 14.6. The number of hydrogen-bond acceptors (Lipinski definition) is 4. The van der Waals surface area contributed by atoms with Crippen molar-refractivity contribution in [3.8, 4) is 29.1 Å². The lowest BCUT2D eigenvalue weighted by Gasteiger charge is -2.13. The zero-order chi connectivity index (χ0) is 21.3. The Balaban J connectivity index is 1.87. The van der Waals surface area contributed by atoms with E-state index in [2.05, 4.69) is 36.1 Å². The molecule has 3 aromatic carbocycles. The summed E-state index contributed by atoms with van der Waals surface area (Å²) in [5.41, 5.74) is 3.12. The molecular weight excluding hydrogens is 392 g/mol. The van der Waals surface area contributed by atoms with Crippen molar-refractivity contribution in [2.75, 3.05) is 14.2 Å². The smallest absolute Gasteiger partial charge is 0.162 e. The second-order valence-corrected chi connectivity index (χ2v) is 7.94. The second kappa shape index (κ2) is 10.7. The van der Waals surface area contributed by atoms with E-state index in [-0.39, 0.29) is 6.10 Å². The van der Waals surface area contributed by atoms with Gasteiger partial charge in [0.25, 0.3) is 0 Å². The van der Waals surface area contributed by atoms with Crippen molar-refractivity contribution < 1.29 is 14.2 Å². The van der Waals surface area contributed by atoms with E-state index in [0.29, 0.717) is 11.5 Å². The zero-order valence-corrected chi connectivity index (χ0v) is 18.6.